The maximum absolute atomic E-state index is 10.4. The van der Waals surface area contributed by atoms with Crippen molar-refractivity contribution in [2.24, 2.45) is 0 Å². The van der Waals surface area contributed by atoms with Crippen molar-refractivity contribution in [3.8, 4) is 0 Å². The van der Waals surface area contributed by atoms with E-state index in [4.69, 9.17) is 0 Å². The minimum absolute atomic E-state index is 0.463. The molecule has 0 spiro atoms. The van der Waals surface area contributed by atoms with Gasteiger partial charge in [0.1, 0.15) is 0 Å². The zero-order valence-corrected chi connectivity index (χ0v) is 14.1. The molecule has 0 fully saturated rings. The quantitative estimate of drug-likeness (QED) is 0.913. The summed E-state index contributed by atoms with van der Waals surface area (Å²) in [4.78, 5) is 2.30. The van der Waals surface area contributed by atoms with Crippen LogP contribution in [0.5, 0.6) is 0 Å². The van der Waals surface area contributed by atoms with Crippen LogP contribution in [0, 0.1) is 20.8 Å². The van der Waals surface area contributed by atoms with E-state index in [9.17, 15) is 5.11 Å². The molecule has 2 heterocycles. The molecule has 0 aliphatic rings. The minimum Gasteiger partial charge on any atom is -0.387 e. The fraction of sp³-hybridized carbons (Fsp3) is 0.500. The molecule has 2 rings (SSSR count). The molecule has 104 valence electrons. The monoisotopic (exact) mass is 342 g/mol. The van der Waals surface area contributed by atoms with Gasteiger partial charge in [-0.1, -0.05) is 0 Å². The lowest BCUT2D eigenvalue weighted by Gasteiger charge is -2.10. The number of thiophene rings is 1. The van der Waals surface area contributed by atoms with E-state index in [1.807, 2.05) is 11.6 Å². The number of aliphatic hydroxyl groups is 1. The Kier molecular flexibility index (Phi) is 4.48. The fourth-order valence-electron chi connectivity index (χ4n) is 2.11. The molecule has 2 aromatic heterocycles. The third-order valence-corrected chi connectivity index (χ3v) is 5.64. The Balaban J connectivity index is 2.25. The van der Waals surface area contributed by atoms with Crippen LogP contribution in [-0.2, 0) is 13.0 Å². The van der Waals surface area contributed by atoms with Crippen LogP contribution < -0.4 is 0 Å². The molecule has 0 saturated carbocycles. The van der Waals surface area contributed by atoms with Gasteiger partial charge < -0.3 is 5.11 Å². The number of aromatic nitrogens is 2. The number of rotatable bonds is 4. The number of aryl methyl sites for hydroxylation is 4. The van der Waals surface area contributed by atoms with Gasteiger partial charge in [-0.25, -0.2) is 0 Å². The molecule has 0 aliphatic carbocycles. The Morgan fingerprint density at radius 3 is 2.63 bits per heavy atom. The van der Waals surface area contributed by atoms with Gasteiger partial charge in [0.2, 0.25) is 0 Å². The van der Waals surface area contributed by atoms with Gasteiger partial charge >= 0.3 is 0 Å². The average Bonchev–Trinajstić information content (AvgIpc) is 2.84. The van der Waals surface area contributed by atoms with Crippen molar-refractivity contribution in [3.63, 3.8) is 0 Å². The largest absolute Gasteiger partial charge is 0.387 e. The maximum atomic E-state index is 10.4. The lowest BCUT2D eigenvalue weighted by Crippen LogP contribution is -2.08. The van der Waals surface area contributed by atoms with Gasteiger partial charge in [0.15, 0.2) is 0 Å². The lowest BCUT2D eigenvalue weighted by molar-refractivity contribution is 0.179. The predicted molar refractivity (Wildman–Crippen MR) is 82.8 cm³/mol. The maximum Gasteiger partial charge on any atom is 0.0937 e. The summed E-state index contributed by atoms with van der Waals surface area (Å²) in [6, 6.07) is 2.08. The summed E-state index contributed by atoms with van der Waals surface area (Å²) in [7, 11) is 0. The van der Waals surface area contributed by atoms with E-state index < -0.39 is 6.10 Å². The molecule has 0 bridgehead atoms. The Labute approximate surface area is 126 Å². The SMILES string of the molecule is CCn1nc(C)c(Br)c1CC(O)c1cc(C)c(C)s1. The third-order valence-electron chi connectivity index (χ3n) is 3.35. The molecule has 0 saturated heterocycles. The summed E-state index contributed by atoms with van der Waals surface area (Å²) in [5.74, 6) is 0. The standard InChI is InChI=1S/C14H19BrN2OS/c1-5-17-11(14(15)9(3)16-17)7-12(18)13-6-8(2)10(4)19-13/h6,12,18H,5,7H2,1-4H3. The molecule has 0 aliphatic heterocycles. The Bertz CT molecular complexity index is 569. The van der Waals surface area contributed by atoms with Crippen molar-refractivity contribution in [2.45, 2.75) is 46.8 Å². The highest BCUT2D eigenvalue weighted by atomic mass is 79.9. The number of hydrogen-bond donors (Lipinski definition) is 1. The summed E-state index contributed by atoms with van der Waals surface area (Å²) < 4.78 is 2.97. The zero-order chi connectivity index (χ0) is 14.2. The van der Waals surface area contributed by atoms with Crippen LogP contribution in [0.15, 0.2) is 10.5 Å². The van der Waals surface area contributed by atoms with E-state index in [0.29, 0.717) is 6.42 Å². The van der Waals surface area contributed by atoms with Gasteiger partial charge in [0.05, 0.1) is 22.0 Å². The first kappa shape index (κ1) is 14.8. The van der Waals surface area contributed by atoms with Crippen molar-refractivity contribution in [1.29, 1.82) is 0 Å². The lowest BCUT2D eigenvalue weighted by atomic mass is 10.1. The molecular formula is C14H19BrN2OS. The first-order chi connectivity index (χ1) is 8.93. The van der Waals surface area contributed by atoms with Crippen LogP contribution >= 0.6 is 27.3 Å². The number of halogens is 1. The average molecular weight is 343 g/mol. The molecule has 5 heteroatoms. The van der Waals surface area contributed by atoms with Crippen LogP contribution in [0.3, 0.4) is 0 Å². The summed E-state index contributed by atoms with van der Waals surface area (Å²) in [5.41, 5.74) is 3.29. The van der Waals surface area contributed by atoms with Crippen LogP contribution in [-0.4, -0.2) is 14.9 Å². The first-order valence-corrected chi connectivity index (χ1v) is 8.01. The van der Waals surface area contributed by atoms with Crippen molar-refractivity contribution in [3.05, 3.63) is 37.2 Å². The second kappa shape index (κ2) is 5.77. The summed E-state index contributed by atoms with van der Waals surface area (Å²) in [5, 5.41) is 14.9. The molecule has 1 atom stereocenters. The Morgan fingerprint density at radius 1 is 1.42 bits per heavy atom. The van der Waals surface area contributed by atoms with Crippen molar-refractivity contribution in [1.82, 2.24) is 9.78 Å². The van der Waals surface area contributed by atoms with Crippen molar-refractivity contribution < 1.29 is 5.11 Å². The number of aliphatic hydroxyl groups excluding tert-OH is 1. The molecule has 19 heavy (non-hydrogen) atoms. The molecule has 0 amide bonds. The van der Waals surface area contributed by atoms with Crippen LogP contribution in [0.1, 0.15) is 39.7 Å². The van der Waals surface area contributed by atoms with Gasteiger partial charge in [-0.15, -0.1) is 11.3 Å². The third kappa shape index (κ3) is 2.93. The molecule has 3 nitrogen and oxygen atoms in total. The van der Waals surface area contributed by atoms with E-state index in [-0.39, 0.29) is 0 Å². The van der Waals surface area contributed by atoms with Crippen molar-refractivity contribution in [2.75, 3.05) is 0 Å². The normalized spacial score (nSPS) is 12.9. The van der Waals surface area contributed by atoms with Crippen LogP contribution in [0.25, 0.3) is 0 Å². The van der Waals surface area contributed by atoms with Gasteiger partial charge in [-0.05, 0) is 55.3 Å². The Hall–Kier alpha value is -0.650. The predicted octanol–water partition coefficient (Wildman–Crippen LogP) is 3.93. The summed E-state index contributed by atoms with van der Waals surface area (Å²) in [6.07, 6.45) is 0.129. The Morgan fingerprint density at radius 2 is 2.11 bits per heavy atom. The van der Waals surface area contributed by atoms with Crippen molar-refractivity contribution >= 4 is 27.3 Å². The highest BCUT2D eigenvalue weighted by Gasteiger charge is 2.18. The van der Waals surface area contributed by atoms with Gasteiger partial charge in [0.25, 0.3) is 0 Å². The second-order valence-corrected chi connectivity index (χ2v) is 6.85. The molecule has 1 N–H and O–H groups in total. The number of nitrogens with zero attached hydrogens (tertiary/aromatic N) is 2. The van der Waals surface area contributed by atoms with E-state index in [1.165, 1.54) is 10.4 Å². The molecule has 0 radical (unpaired) electrons. The molecule has 0 aromatic carbocycles. The van der Waals surface area contributed by atoms with Gasteiger partial charge in [-0.2, -0.15) is 5.10 Å². The first-order valence-electron chi connectivity index (χ1n) is 6.40. The van der Waals surface area contributed by atoms with Crippen LogP contribution in [0.2, 0.25) is 0 Å². The highest BCUT2D eigenvalue weighted by Crippen LogP contribution is 2.31. The van der Waals surface area contributed by atoms with Gasteiger partial charge in [0, 0.05) is 22.7 Å². The smallest absolute Gasteiger partial charge is 0.0937 e. The highest BCUT2D eigenvalue weighted by molar-refractivity contribution is 9.10. The molecule has 1 unspecified atom stereocenters. The zero-order valence-electron chi connectivity index (χ0n) is 11.7. The molecular weight excluding hydrogens is 324 g/mol. The van der Waals surface area contributed by atoms with E-state index in [1.54, 1.807) is 11.3 Å². The topological polar surface area (TPSA) is 38.0 Å². The van der Waals surface area contributed by atoms with E-state index >= 15 is 0 Å². The minimum atomic E-state index is -0.463. The number of hydrogen-bond acceptors (Lipinski definition) is 3. The molecule has 2 aromatic rings. The summed E-state index contributed by atoms with van der Waals surface area (Å²) in [6.45, 7) is 9.03. The van der Waals surface area contributed by atoms with Crippen LogP contribution in [0.4, 0.5) is 0 Å². The fourth-order valence-corrected chi connectivity index (χ4v) is 3.59. The second-order valence-electron chi connectivity index (χ2n) is 4.77. The summed E-state index contributed by atoms with van der Waals surface area (Å²) >= 11 is 5.24. The van der Waals surface area contributed by atoms with E-state index in [2.05, 4.69) is 47.9 Å². The van der Waals surface area contributed by atoms with Gasteiger partial charge in [-0.3, -0.25) is 4.68 Å². The van der Waals surface area contributed by atoms with E-state index in [0.717, 1.165) is 27.3 Å².